The van der Waals surface area contributed by atoms with E-state index in [-0.39, 0.29) is 34.0 Å². The SMILES string of the molecule is C[N+]1(C)C=CN(C[n+]2cc[nH]c2)C1.[Br-].[Br-]. The summed E-state index contributed by atoms with van der Waals surface area (Å²) in [6.45, 7) is 1.96. The van der Waals surface area contributed by atoms with Crippen molar-refractivity contribution in [3.63, 3.8) is 0 Å². The third-order valence-electron chi connectivity index (χ3n) is 2.17. The molecule has 86 valence electrons. The van der Waals surface area contributed by atoms with Crippen LogP contribution in [0.4, 0.5) is 0 Å². The first-order valence-corrected chi connectivity index (χ1v) is 4.44. The van der Waals surface area contributed by atoms with Gasteiger partial charge in [0.1, 0.15) is 18.6 Å². The fourth-order valence-corrected chi connectivity index (χ4v) is 1.55. The van der Waals surface area contributed by atoms with Crippen LogP contribution in [0.25, 0.3) is 0 Å². The minimum Gasteiger partial charge on any atom is -1.00 e. The molecule has 0 radical (unpaired) electrons. The van der Waals surface area contributed by atoms with E-state index in [4.69, 9.17) is 0 Å². The maximum absolute atomic E-state index is 3.03. The summed E-state index contributed by atoms with van der Waals surface area (Å²) < 4.78 is 3.06. The quantitative estimate of drug-likeness (QED) is 0.421. The molecule has 0 unspecified atom stereocenters. The molecule has 0 saturated heterocycles. The number of hydrogen-bond acceptors (Lipinski definition) is 1. The molecule has 0 fully saturated rings. The lowest BCUT2D eigenvalue weighted by molar-refractivity contribution is -0.847. The molecular formula is C9H16Br2N4. The topological polar surface area (TPSA) is 22.9 Å². The molecule has 0 aromatic carbocycles. The van der Waals surface area contributed by atoms with E-state index in [0.717, 1.165) is 17.8 Å². The molecule has 1 aliphatic rings. The summed E-state index contributed by atoms with van der Waals surface area (Å²) in [6.07, 6.45) is 10.3. The first-order valence-electron chi connectivity index (χ1n) is 4.44. The predicted molar refractivity (Wildman–Crippen MR) is 48.9 cm³/mol. The van der Waals surface area contributed by atoms with Gasteiger partial charge in [-0.25, -0.2) is 4.57 Å². The van der Waals surface area contributed by atoms with Gasteiger partial charge < -0.3 is 34.0 Å². The molecule has 0 amide bonds. The number of H-pyrrole nitrogens is 1. The summed E-state index contributed by atoms with van der Waals surface area (Å²) in [7, 11) is 4.39. The van der Waals surface area contributed by atoms with Gasteiger partial charge in [0, 0.05) is 0 Å². The Morgan fingerprint density at radius 1 is 1.40 bits per heavy atom. The van der Waals surface area contributed by atoms with Gasteiger partial charge in [-0.05, 0) is 0 Å². The van der Waals surface area contributed by atoms with E-state index >= 15 is 0 Å². The Labute approximate surface area is 111 Å². The van der Waals surface area contributed by atoms with Crippen molar-refractivity contribution in [2.45, 2.75) is 6.67 Å². The Morgan fingerprint density at radius 3 is 2.60 bits per heavy atom. The highest BCUT2D eigenvalue weighted by Gasteiger charge is 2.22. The molecule has 15 heavy (non-hydrogen) atoms. The van der Waals surface area contributed by atoms with Crippen molar-refractivity contribution >= 4 is 0 Å². The highest BCUT2D eigenvalue weighted by atomic mass is 79.9. The molecule has 0 bridgehead atoms. The molecule has 0 spiro atoms. The molecule has 1 N–H and O–H groups in total. The lowest BCUT2D eigenvalue weighted by Gasteiger charge is -2.22. The molecule has 2 heterocycles. The Balaban J connectivity index is 0.000000980. The molecule has 1 aliphatic heterocycles. The number of quaternary nitrogens is 1. The first kappa shape index (κ1) is 14.7. The van der Waals surface area contributed by atoms with Gasteiger partial charge in [0.2, 0.25) is 6.33 Å². The van der Waals surface area contributed by atoms with E-state index in [1.54, 1.807) is 0 Å². The van der Waals surface area contributed by atoms with Crippen LogP contribution in [0, 0.1) is 0 Å². The fraction of sp³-hybridized carbons (Fsp3) is 0.444. The normalized spacial score (nSPS) is 17.1. The van der Waals surface area contributed by atoms with Gasteiger partial charge in [0.15, 0.2) is 13.3 Å². The summed E-state index contributed by atoms with van der Waals surface area (Å²) in [4.78, 5) is 5.32. The zero-order chi connectivity index (χ0) is 9.31. The Hall–Kier alpha value is -0.330. The second-order valence-corrected chi connectivity index (χ2v) is 4.07. The molecule has 0 aliphatic carbocycles. The van der Waals surface area contributed by atoms with Crippen molar-refractivity contribution in [2.24, 2.45) is 0 Å². The van der Waals surface area contributed by atoms with Crippen LogP contribution in [0.15, 0.2) is 31.1 Å². The first-order chi connectivity index (χ1) is 6.16. The van der Waals surface area contributed by atoms with Crippen molar-refractivity contribution in [3.8, 4) is 0 Å². The third kappa shape index (κ3) is 3.96. The Kier molecular flexibility index (Phi) is 5.55. The fourth-order valence-electron chi connectivity index (χ4n) is 1.55. The van der Waals surface area contributed by atoms with Crippen LogP contribution in [0.1, 0.15) is 0 Å². The van der Waals surface area contributed by atoms with Crippen LogP contribution in [0.3, 0.4) is 0 Å². The van der Waals surface area contributed by atoms with Crippen molar-refractivity contribution in [1.82, 2.24) is 9.88 Å². The molecule has 2 rings (SSSR count). The number of halogens is 2. The van der Waals surface area contributed by atoms with Gasteiger partial charge in [0.25, 0.3) is 0 Å². The Morgan fingerprint density at radius 2 is 2.13 bits per heavy atom. The number of nitrogens with one attached hydrogen (secondary N) is 1. The van der Waals surface area contributed by atoms with Crippen LogP contribution < -0.4 is 38.5 Å². The third-order valence-corrected chi connectivity index (χ3v) is 2.17. The minimum atomic E-state index is 0. The van der Waals surface area contributed by atoms with Gasteiger partial charge in [-0.2, -0.15) is 0 Å². The minimum absolute atomic E-state index is 0. The van der Waals surface area contributed by atoms with Crippen molar-refractivity contribution in [2.75, 3.05) is 20.8 Å². The second kappa shape index (κ2) is 5.67. The maximum atomic E-state index is 3.03. The van der Waals surface area contributed by atoms with Crippen molar-refractivity contribution in [3.05, 3.63) is 31.1 Å². The molecule has 1 aromatic rings. The smallest absolute Gasteiger partial charge is 0.243 e. The average molecular weight is 340 g/mol. The average Bonchev–Trinajstić information content (AvgIpc) is 2.61. The predicted octanol–water partition coefficient (Wildman–Crippen LogP) is -5.91. The van der Waals surface area contributed by atoms with E-state index in [0.29, 0.717) is 0 Å². The molecule has 6 heteroatoms. The van der Waals surface area contributed by atoms with Crippen molar-refractivity contribution < 1.29 is 43.0 Å². The number of imidazole rings is 1. The summed E-state index contributed by atoms with van der Waals surface area (Å²) in [5, 5.41) is 0. The van der Waals surface area contributed by atoms with Crippen molar-refractivity contribution in [1.29, 1.82) is 0 Å². The number of aromatic nitrogens is 2. The van der Waals surface area contributed by atoms with E-state index in [1.165, 1.54) is 0 Å². The van der Waals surface area contributed by atoms with E-state index < -0.39 is 0 Å². The van der Waals surface area contributed by atoms with Crippen LogP contribution >= 0.6 is 0 Å². The highest BCUT2D eigenvalue weighted by molar-refractivity contribution is 4.77. The summed E-state index contributed by atoms with van der Waals surface area (Å²) in [6, 6.07) is 0. The van der Waals surface area contributed by atoms with Gasteiger partial charge in [-0.15, -0.1) is 0 Å². The standard InChI is InChI=1S/C9H15N4.2BrH/c1-13(2)6-5-12(9-13)8-11-4-3-10-7-11;;/h3-7H,8-9H2,1-2H3;2*1H/q+1;;/p-1. The summed E-state index contributed by atoms with van der Waals surface area (Å²) in [5.41, 5.74) is 0. The highest BCUT2D eigenvalue weighted by Crippen LogP contribution is 2.10. The molecular weight excluding hydrogens is 324 g/mol. The van der Waals surface area contributed by atoms with Gasteiger partial charge in [-0.3, -0.25) is 14.4 Å². The second-order valence-electron chi connectivity index (χ2n) is 4.07. The lowest BCUT2D eigenvalue weighted by Crippen LogP contribution is -3.00. The van der Waals surface area contributed by atoms with Crippen LogP contribution in [0.2, 0.25) is 0 Å². The molecule has 0 atom stereocenters. The van der Waals surface area contributed by atoms with Crippen LogP contribution in [-0.2, 0) is 6.67 Å². The number of hydrogen-bond donors (Lipinski definition) is 1. The van der Waals surface area contributed by atoms with Gasteiger partial charge in [-0.1, -0.05) is 0 Å². The number of nitrogens with zero attached hydrogens (tertiary/aromatic N) is 3. The zero-order valence-electron chi connectivity index (χ0n) is 8.90. The number of aromatic amines is 1. The van der Waals surface area contributed by atoms with E-state index in [2.05, 4.69) is 40.9 Å². The zero-order valence-corrected chi connectivity index (χ0v) is 12.1. The summed E-state index contributed by atoms with van der Waals surface area (Å²) >= 11 is 0. The number of rotatable bonds is 2. The van der Waals surface area contributed by atoms with Gasteiger partial charge in [0.05, 0.1) is 20.3 Å². The van der Waals surface area contributed by atoms with Crippen LogP contribution in [0.5, 0.6) is 0 Å². The molecule has 1 aromatic heterocycles. The summed E-state index contributed by atoms with van der Waals surface area (Å²) in [5.74, 6) is 0. The van der Waals surface area contributed by atoms with Crippen LogP contribution in [-0.4, -0.2) is 35.1 Å². The Bertz CT molecular complexity index is 308. The largest absolute Gasteiger partial charge is 1.00 e. The van der Waals surface area contributed by atoms with E-state index in [9.17, 15) is 0 Å². The molecule has 0 saturated carbocycles. The lowest BCUT2D eigenvalue weighted by atomic mass is 10.7. The monoisotopic (exact) mass is 338 g/mol. The van der Waals surface area contributed by atoms with E-state index in [1.807, 2.05) is 18.7 Å². The molecule has 4 nitrogen and oxygen atoms in total. The maximum Gasteiger partial charge on any atom is 0.243 e. The van der Waals surface area contributed by atoms with Gasteiger partial charge >= 0.3 is 0 Å².